The fourth-order valence-corrected chi connectivity index (χ4v) is 2.85. The zero-order valence-electron chi connectivity index (χ0n) is 11.0. The molecule has 2 aliphatic heterocycles. The van der Waals surface area contributed by atoms with E-state index >= 15 is 0 Å². The van der Waals surface area contributed by atoms with Gasteiger partial charge < -0.3 is 10.1 Å². The summed E-state index contributed by atoms with van der Waals surface area (Å²) in [6, 6.07) is 2.09. The Morgan fingerprint density at radius 1 is 1.29 bits per heavy atom. The van der Waals surface area contributed by atoms with Crippen molar-refractivity contribution in [1.29, 1.82) is 0 Å². The first kappa shape index (κ1) is 12.5. The Hall–Kier alpha value is -0.930. The topological polar surface area (TPSA) is 34.2 Å². The Bertz CT molecular complexity index is 378. The molecule has 1 spiro atoms. The van der Waals surface area contributed by atoms with Gasteiger partial charge in [-0.15, -0.1) is 0 Å². The number of fused-ring (bicyclic) bond motifs is 2. The lowest BCUT2D eigenvalue weighted by Crippen LogP contribution is -2.39. The fourth-order valence-electron chi connectivity index (χ4n) is 2.85. The molecule has 1 aromatic rings. The number of aryl methyl sites for hydroxylation is 1. The molecule has 0 aromatic carbocycles. The van der Waals surface area contributed by atoms with Gasteiger partial charge in [0.25, 0.3) is 0 Å². The van der Waals surface area contributed by atoms with E-state index in [2.05, 4.69) is 23.3 Å². The van der Waals surface area contributed by atoms with Gasteiger partial charge in [0.2, 0.25) is 0 Å². The van der Waals surface area contributed by atoms with Gasteiger partial charge in [-0.3, -0.25) is 4.98 Å². The molecule has 17 heavy (non-hydrogen) atoms. The molecule has 3 heterocycles. The fraction of sp³-hybridized carbons (Fsp3) is 0.643. The summed E-state index contributed by atoms with van der Waals surface area (Å²) >= 11 is 0. The summed E-state index contributed by atoms with van der Waals surface area (Å²) in [6.45, 7) is 8.96. The van der Waals surface area contributed by atoms with E-state index in [1.165, 1.54) is 11.1 Å². The van der Waals surface area contributed by atoms with Crippen molar-refractivity contribution in [3.05, 3.63) is 29.1 Å². The van der Waals surface area contributed by atoms with Gasteiger partial charge in [0, 0.05) is 11.8 Å². The summed E-state index contributed by atoms with van der Waals surface area (Å²) in [5.41, 5.74) is 3.82. The second kappa shape index (κ2) is 5.15. The monoisotopic (exact) mass is 234 g/mol. The first-order valence-corrected chi connectivity index (χ1v) is 6.61. The number of nitrogens with one attached hydrogen (secondary N) is 1. The Balaban J connectivity index is 0.000000514. The van der Waals surface area contributed by atoms with Crippen LogP contribution in [0.1, 0.15) is 43.5 Å². The third-order valence-electron chi connectivity index (χ3n) is 3.59. The first-order chi connectivity index (χ1) is 8.32. The number of pyridine rings is 1. The van der Waals surface area contributed by atoms with Gasteiger partial charge in [0.15, 0.2) is 0 Å². The first-order valence-electron chi connectivity index (χ1n) is 6.61. The van der Waals surface area contributed by atoms with Gasteiger partial charge >= 0.3 is 0 Å². The Labute approximate surface area is 104 Å². The number of nitrogens with zero attached hydrogens (tertiary/aromatic N) is 1. The van der Waals surface area contributed by atoms with Crippen LogP contribution >= 0.6 is 0 Å². The molecule has 1 saturated heterocycles. The van der Waals surface area contributed by atoms with Crippen LogP contribution in [-0.2, 0) is 16.9 Å². The van der Waals surface area contributed by atoms with Crippen LogP contribution in [0.2, 0.25) is 0 Å². The van der Waals surface area contributed by atoms with Gasteiger partial charge in [0.1, 0.15) is 0 Å². The Morgan fingerprint density at radius 2 is 2.00 bits per heavy atom. The lowest BCUT2D eigenvalue weighted by Gasteiger charge is -2.34. The highest BCUT2D eigenvalue weighted by Gasteiger charge is 2.42. The number of hydrogen-bond donors (Lipinski definition) is 1. The molecule has 0 bridgehead atoms. The van der Waals surface area contributed by atoms with E-state index in [4.69, 9.17) is 4.74 Å². The number of piperidine rings is 1. The number of ether oxygens (including phenoxy) is 1. The Morgan fingerprint density at radius 3 is 2.71 bits per heavy atom. The molecule has 0 amide bonds. The smallest absolute Gasteiger partial charge is 0.0981 e. The average Bonchev–Trinajstić information content (AvgIpc) is 2.73. The van der Waals surface area contributed by atoms with E-state index in [0.717, 1.165) is 31.6 Å². The minimum Gasteiger partial charge on any atom is -0.364 e. The van der Waals surface area contributed by atoms with Crippen molar-refractivity contribution in [2.45, 2.75) is 45.8 Å². The van der Waals surface area contributed by atoms with Crippen LogP contribution in [0.4, 0.5) is 0 Å². The lowest BCUT2D eigenvalue weighted by molar-refractivity contribution is -0.0596. The van der Waals surface area contributed by atoms with Crippen LogP contribution in [0, 0.1) is 6.92 Å². The van der Waals surface area contributed by atoms with E-state index in [1.54, 1.807) is 0 Å². The predicted octanol–water partition coefficient (Wildman–Crippen LogP) is 2.53. The van der Waals surface area contributed by atoms with Crippen molar-refractivity contribution < 1.29 is 4.74 Å². The molecular formula is C14H22N2O. The van der Waals surface area contributed by atoms with Gasteiger partial charge in [-0.2, -0.15) is 0 Å². The molecule has 3 nitrogen and oxygen atoms in total. The van der Waals surface area contributed by atoms with Crippen LogP contribution in [0.3, 0.4) is 0 Å². The molecule has 0 saturated carbocycles. The molecular weight excluding hydrogens is 212 g/mol. The molecule has 1 N–H and O–H groups in total. The largest absolute Gasteiger partial charge is 0.364 e. The molecule has 1 fully saturated rings. The maximum Gasteiger partial charge on any atom is 0.0981 e. The summed E-state index contributed by atoms with van der Waals surface area (Å²) in [5.74, 6) is 0. The van der Waals surface area contributed by atoms with E-state index in [9.17, 15) is 0 Å². The summed E-state index contributed by atoms with van der Waals surface area (Å²) < 4.78 is 6.03. The van der Waals surface area contributed by atoms with E-state index < -0.39 is 0 Å². The molecule has 2 aliphatic rings. The number of hydrogen-bond acceptors (Lipinski definition) is 3. The molecule has 0 unspecified atom stereocenters. The second-order valence-corrected chi connectivity index (χ2v) is 4.48. The molecule has 3 heteroatoms. The quantitative estimate of drug-likeness (QED) is 0.749. The lowest BCUT2D eigenvalue weighted by atomic mass is 9.83. The highest BCUT2D eigenvalue weighted by atomic mass is 16.5. The zero-order valence-corrected chi connectivity index (χ0v) is 11.0. The zero-order chi connectivity index (χ0) is 12.3. The molecule has 0 atom stereocenters. The molecule has 0 radical (unpaired) electrons. The standard InChI is InChI=1S/C12H16N2O.C2H6/c1-9-2-5-14-10-8-15-12(11(9)10)3-6-13-7-4-12;1-2/h2,5,13H,3-4,6-8H2,1H3;1-2H3. The third kappa shape index (κ3) is 2.09. The average molecular weight is 234 g/mol. The van der Waals surface area contributed by atoms with Gasteiger partial charge in [-0.25, -0.2) is 0 Å². The van der Waals surface area contributed by atoms with Gasteiger partial charge in [-0.05, 0) is 44.5 Å². The van der Waals surface area contributed by atoms with Crippen molar-refractivity contribution in [1.82, 2.24) is 10.3 Å². The van der Waals surface area contributed by atoms with Crippen LogP contribution in [0.25, 0.3) is 0 Å². The van der Waals surface area contributed by atoms with Crippen LogP contribution in [0.15, 0.2) is 12.3 Å². The summed E-state index contributed by atoms with van der Waals surface area (Å²) in [4.78, 5) is 4.42. The van der Waals surface area contributed by atoms with Crippen molar-refractivity contribution in [3.8, 4) is 0 Å². The maximum absolute atomic E-state index is 6.03. The SMILES string of the molecule is CC.Cc1ccnc2c1C1(CCNCC1)OC2. The highest BCUT2D eigenvalue weighted by molar-refractivity contribution is 5.37. The maximum atomic E-state index is 6.03. The van der Waals surface area contributed by atoms with Crippen molar-refractivity contribution in [2.75, 3.05) is 13.1 Å². The Kier molecular flexibility index (Phi) is 3.79. The summed E-state index contributed by atoms with van der Waals surface area (Å²) in [6.07, 6.45) is 4.04. The van der Waals surface area contributed by atoms with Gasteiger partial charge in [-0.1, -0.05) is 13.8 Å². The number of rotatable bonds is 0. The van der Waals surface area contributed by atoms with Crippen molar-refractivity contribution in [2.24, 2.45) is 0 Å². The molecule has 94 valence electrons. The van der Waals surface area contributed by atoms with E-state index in [0.29, 0.717) is 6.61 Å². The van der Waals surface area contributed by atoms with E-state index in [-0.39, 0.29) is 5.60 Å². The molecule has 3 rings (SSSR count). The highest BCUT2D eigenvalue weighted by Crippen LogP contribution is 2.43. The minimum absolute atomic E-state index is 0.0288. The predicted molar refractivity (Wildman–Crippen MR) is 68.9 cm³/mol. The van der Waals surface area contributed by atoms with Crippen LogP contribution < -0.4 is 5.32 Å². The van der Waals surface area contributed by atoms with E-state index in [1.807, 2.05) is 20.0 Å². The molecule has 0 aliphatic carbocycles. The summed E-state index contributed by atoms with van der Waals surface area (Å²) in [7, 11) is 0. The van der Waals surface area contributed by atoms with Crippen LogP contribution in [-0.4, -0.2) is 18.1 Å². The third-order valence-corrected chi connectivity index (χ3v) is 3.59. The van der Waals surface area contributed by atoms with Crippen molar-refractivity contribution >= 4 is 0 Å². The molecule has 1 aromatic heterocycles. The second-order valence-electron chi connectivity index (χ2n) is 4.48. The number of aromatic nitrogens is 1. The minimum atomic E-state index is -0.0288. The van der Waals surface area contributed by atoms with Crippen molar-refractivity contribution in [3.63, 3.8) is 0 Å². The summed E-state index contributed by atoms with van der Waals surface area (Å²) in [5, 5.41) is 3.39. The normalized spacial score (nSPS) is 20.6. The van der Waals surface area contributed by atoms with Crippen LogP contribution in [0.5, 0.6) is 0 Å². The van der Waals surface area contributed by atoms with Gasteiger partial charge in [0.05, 0.1) is 17.9 Å².